The van der Waals surface area contributed by atoms with Crippen molar-refractivity contribution in [1.82, 2.24) is 0 Å². The number of benzene rings is 1. The molecule has 0 aliphatic carbocycles. The highest BCUT2D eigenvalue weighted by Crippen LogP contribution is 2.36. The lowest BCUT2D eigenvalue weighted by atomic mass is 10.3. The average molecular weight is 284 g/mol. The highest BCUT2D eigenvalue weighted by atomic mass is 35.5. The molecule has 0 aliphatic heterocycles. The normalized spacial score (nSPS) is 12.2. The van der Waals surface area contributed by atoms with Gasteiger partial charge in [0.25, 0.3) is 0 Å². The zero-order valence-electron chi connectivity index (χ0n) is 8.34. The van der Waals surface area contributed by atoms with Crippen molar-refractivity contribution < 1.29 is 14.6 Å². The molecule has 0 aromatic heterocycles. The SMILES string of the molecule is C[C@H](CC(=O)O)Oc1c(Cl)cc(Cl)cc1Cl. The van der Waals surface area contributed by atoms with E-state index in [4.69, 9.17) is 44.6 Å². The van der Waals surface area contributed by atoms with E-state index in [1.54, 1.807) is 6.92 Å². The van der Waals surface area contributed by atoms with Gasteiger partial charge in [-0.2, -0.15) is 0 Å². The molecule has 1 N–H and O–H groups in total. The molecular formula is C10H9Cl3O3. The van der Waals surface area contributed by atoms with Crippen LogP contribution < -0.4 is 4.74 Å². The molecule has 0 saturated heterocycles. The number of ether oxygens (including phenoxy) is 1. The number of carboxylic acid groups (broad SMARTS) is 1. The molecule has 0 fully saturated rings. The van der Waals surface area contributed by atoms with Crippen molar-refractivity contribution >= 4 is 40.8 Å². The molecule has 6 heteroatoms. The Labute approximate surface area is 108 Å². The molecule has 88 valence electrons. The van der Waals surface area contributed by atoms with Gasteiger partial charge in [0, 0.05) is 5.02 Å². The van der Waals surface area contributed by atoms with E-state index < -0.39 is 12.1 Å². The van der Waals surface area contributed by atoms with Crippen LogP contribution in [0, 0.1) is 0 Å². The van der Waals surface area contributed by atoms with E-state index in [-0.39, 0.29) is 22.2 Å². The van der Waals surface area contributed by atoms with Crippen LogP contribution in [0.1, 0.15) is 13.3 Å². The van der Waals surface area contributed by atoms with Crippen LogP contribution in [0.15, 0.2) is 12.1 Å². The summed E-state index contributed by atoms with van der Waals surface area (Å²) in [7, 11) is 0. The van der Waals surface area contributed by atoms with Crippen molar-refractivity contribution in [3.63, 3.8) is 0 Å². The Balaban J connectivity index is 2.85. The minimum Gasteiger partial charge on any atom is -0.487 e. The summed E-state index contributed by atoms with van der Waals surface area (Å²) >= 11 is 17.5. The van der Waals surface area contributed by atoms with Crippen molar-refractivity contribution in [2.45, 2.75) is 19.4 Å². The first-order chi connectivity index (χ1) is 7.40. The fourth-order valence-corrected chi connectivity index (χ4v) is 2.04. The van der Waals surface area contributed by atoms with Crippen LogP contribution in [0.2, 0.25) is 15.1 Å². The summed E-state index contributed by atoms with van der Waals surface area (Å²) in [6.07, 6.45) is -0.649. The lowest BCUT2D eigenvalue weighted by Crippen LogP contribution is -2.17. The minimum atomic E-state index is -0.950. The zero-order chi connectivity index (χ0) is 12.3. The molecule has 1 aromatic carbocycles. The van der Waals surface area contributed by atoms with Gasteiger partial charge in [-0.1, -0.05) is 34.8 Å². The molecule has 3 nitrogen and oxygen atoms in total. The second-order valence-corrected chi connectivity index (χ2v) is 4.48. The van der Waals surface area contributed by atoms with E-state index in [2.05, 4.69) is 0 Å². The first-order valence-electron chi connectivity index (χ1n) is 4.43. The van der Waals surface area contributed by atoms with Crippen molar-refractivity contribution in [3.8, 4) is 5.75 Å². The summed E-state index contributed by atoms with van der Waals surface area (Å²) in [5.41, 5.74) is 0. The van der Waals surface area contributed by atoms with Crippen LogP contribution in [-0.4, -0.2) is 17.2 Å². The third-order valence-corrected chi connectivity index (χ3v) is 2.52. The molecule has 0 bridgehead atoms. The third-order valence-electron chi connectivity index (χ3n) is 1.74. The Bertz CT molecular complexity index is 383. The van der Waals surface area contributed by atoms with Crippen LogP contribution in [-0.2, 0) is 4.79 Å². The Hall–Kier alpha value is -0.640. The molecule has 0 saturated carbocycles. The summed E-state index contributed by atoms with van der Waals surface area (Å²) in [4.78, 5) is 10.5. The quantitative estimate of drug-likeness (QED) is 0.912. The van der Waals surface area contributed by atoms with Gasteiger partial charge in [-0.25, -0.2) is 0 Å². The summed E-state index contributed by atoms with van der Waals surface area (Å²) in [6, 6.07) is 2.97. The Morgan fingerprint density at radius 1 is 1.38 bits per heavy atom. The van der Waals surface area contributed by atoms with Gasteiger partial charge in [0.2, 0.25) is 0 Å². The highest BCUT2D eigenvalue weighted by Gasteiger charge is 2.14. The number of aliphatic carboxylic acids is 1. The fraction of sp³-hybridized carbons (Fsp3) is 0.300. The molecule has 0 unspecified atom stereocenters. The molecule has 0 spiro atoms. The Kier molecular flexibility index (Phi) is 4.71. The van der Waals surface area contributed by atoms with Gasteiger partial charge >= 0.3 is 5.97 Å². The number of halogens is 3. The maximum Gasteiger partial charge on any atom is 0.307 e. The molecule has 0 aliphatic rings. The highest BCUT2D eigenvalue weighted by molar-refractivity contribution is 6.40. The van der Waals surface area contributed by atoms with Crippen molar-refractivity contribution in [3.05, 3.63) is 27.2 Å². The minimum absolute atomic E-state index is 0.130. The molecule has 0 heterocycles. The summed E-state index contributed by atoms with van der Waals surface area (Å²) < 4.78 is 5.34. The van der Waals surface area contributed by atoms with Gasteiger partial charge < -0.3 is 9.84 Å². The fourth-order valence-electron chi connectivity index (χ4n) is 1.13. The number of rotatable bonds is 4. The second kappa shape index (κ2) is 5.62. The van der Waals surface area contributed by atoms with Gasteiger partial charge in [-0.15, -0.1) is 0 Å². The molecule has 1 atom stereocenters. The second-order valence-electron chi connectivity index (χ2n) is 3.22. The van der Waals surface area contributed by atoms with Crippen LogP contribution in [0.4, 0.5) is 0 Å². The predicted molar refractivity (Wildman–Crippen MR) is 63.8 cm³/mol. The largest absolute Gasteiger partial charge is 0.487 e. The van der Waals surface area contributed by atoms with Gasteiger partial charge in [-0.05, 0) is 19.1 Å². The smallest absolute Gasteiger partial charge is 0.307 e. The van der Waals surface area contributed by atoms with E-state index in [9.17, 15) is 4.79 Å². The summed E-state index contributed by atoms with van der Waals surface area (Å²) in [6.45, 7) is 1.62. The van der Waals surface area contributed by atoms with E-state index in [1.165, 1.54) is 12.1 Å². The maximum absolute atomic E-state index is 10.5. The van der Waals surface area contributed by atoms with Gasteiger partial charge in [0.1, 0.15) is 6.10 Å². The monoisotopic (exact) mass is 282 g/mol. The van der Waals surface area contributed by atoms with E-state index >= 15 is 0 Å². The van der Waals surface area contributed by atoms with E-state index in [0.29, 0.717) is 5.02 Å². The molecule has 0 amide bonds. The van der Waals surface area contributed by atoms with Crippen molar-refractivity contribution in [1.29, 1.82) is 0 Å². The molecule has 1 rings (SSSR count). The lowest BCUT2D eigenvalue weighted by molar-refractivity contribution is -0.138. The van der Waals surface area contributed by atoms with Gasteiger partial charge in [0.05, 0.1) is 16.5 Å². The predicted octanol–water partition coefficient (Wildman–Crippen LogP) is 3.89. The van der Waals surface area contributed by atoms with Crippen LogP contribution in [0.3, 0.4) is 0 Å². The number of carbonyl (C=O) groups is 1. The first kappa shape index (κ1) is 13.4. The molecule has 0 radical (unpaired) electrons. The Morgan fingerprint density at radius 3 is 2.31 bits per heavy atom. The van der Waals surface area contributed by atoms with Gasteiger partial charge in [0.15, 0.2) is 5.75 Å². The summed E-state index contributed by atoms with van der Waals surface area (Å²) in [5, 5.41) is 9.49. The van der Waals surface area contributed by atoms with Gasteiger partial charge in [-0.3, -0.25) is 4.79 Å². The molecular weight excluding hydrogens is 274 g/mol. The lowest BCUT2D eigenvalue weighted by Gasteiger charge is -2.15. The molecule has 16 heavy (non-hydrogen) atoms. The summed E-state index contributed by atoms with van der Waals surface area (Å²) in [5.74, 6) is -0.699. The Morgan fingerprint density at radius 2 is 1.88 bits per heavy atom. The van der Waals surface area contributed by atoms with Crippen molar-refractivity contribution in [2.24, 2.45) is 0 Å². The van der Waals surface area contributed by atoms with Crippen LogP contribution >= 0.6 is 34.8 Å². The number of hydrogen-bond acceptors (Lipinski definition) is 2. The topological polar surface area (TPSA) is 46.5 Å². The number of hydrogen-bond donors (Lipinski definition) is 1. The van der Waals surface area contributed by atoms with E-state index in [0.717, 1.165) is 0 Å². The third kappa shape index (κ3) is 3.74. The standard InChI is InChI=1S/C10H9Cl3O3/c1-5(2-9(14)15)16-10-7(12)3-6(11)4-8(10)13/h3-5H,2H2,1H3,(H,14,15)/t5-/m1/s1. The molecule has 1 aromatic rings. The first-order valence-corrected chi connectivity index (χ1v) is 5.56. The number of carboxylic acids is 1. The van der Waals surface area contributed by atoms with Crippen molar-refractivity contribution in [2.75, 3.05) is 0 Å². The van der Waals surface area contributed by atoms with Crippen LogP contribution in [0.25, 0.3) is 0 Å². The van der Waals surface area contributed by atoms with E-state index in [1.807, 2.05) is 0 Å². The average Bonchev–Trinajstić information content (AvgIpc) is 2.09. The maximum atomic E-state index is 10.5. The zero-order valence-corrected chi connectivity index (χ0v) is 10.6. The van der Waals surface area contributed by atoms with Crippen LogP contribution in [0.5, 0.6) is 5.75 Å².